The summed E-state index contributed by atoms with van der Waals surface area (Å²) < 4.78 is 11.4. The van der Waals surface area contributed by atoms with E-state index in [1.807, 2.05) is 0 Å². The summed E-state index contributed by atoms with van der Waals surface area (Å²) in [4.78, 5) is 0. The van der Waals surface area contributed by atoms with Crippen molar-refractivity contribution in [2.24, 2.45) is 11.3 Å². The molecular weight excluding hydrogens is 260 g/mol. The SMILES string of the molecule is COc1ccc(OC)c2c1CC[C@H]1C(C)(C)CCC[C@]21C. The van der Waals surface area contributed by atoms with Gasteiger partial charge in [0.15, 0.2) is 0 Å². The molecule has 1 aromatic carbocycles. The molecule has 0 unspecified atom stereocenters. The molecule has 0 amide bonds. The van der Waals surface area contributed by atoms with E-state index in [2.05, 4.69) is 32.9 Å². The number of ether oxygens (including phenoxy) is 2. The van der Waals surface area contributed by atoms with E-state index in [1.165, 1.54) is 36.8 Å². The van der Waals surface area contributed by atoms with E-state index in [4.69, 9.17) is 9.47 Å². The lowest BCUT2D eigenvalue weighted by molar-refractivity contribution is 0.0387. The molecule has 1 fully saturated rings. The Morgan fingerprint density at radius 1 is 1.00 bits per heavy atom. The first-order valence-corrected chi connectivity index (χ1v) is 8.18. The highest BCUT2D eigenvalue weighted by molar-refractivity contribution is 5.54. The molecule has 2 nitrogen and oxygen atoms in total. The van der Waals surface area contributed by atoms with Gasteiger partial charge in [0.25, 0.3) is 0 Å². The molecule has 0 aromatic heterocycles. The molecular formula is C19H28O2. The van der Waals surface area contributed by atoms with Gasteiger partial charge >= 0.3 is 0 Å². The average Bonchev–Trinajstić information content (AvgIpc) is 2.45. The van der Waals surface area contributed by atoms with Gasteiger partial charge in [-0.25, -0.2) is 0 Å². The fraction of sp³-hybridized carbons (Fsp3) is 0.684. The zero-order valence-electron chi connectivity index (χ0n) is 14.1. The van der Waals surface area contributed by atoms with Gasteiger partial charge in [0, 0.05) is 11.1 Å². The highest BCUT2D eigenvalue weighted by Crippen LogP contribution is 2.59. The van der Waals surface area contributed by atoms with Crippen LogP contribution in [0.2, 0.25) is 0 Å². The van der Waals surface area contributed by atoms with E-state index < -0.39 is 0 Å². The van der Waals surface area contributed by atoms with Crippen LogP contribution in [0.15, 0.2) is 12.1 Å². The topological polar surface area (TPSA) is 18.5 Å². The Kier molecular flexibility index (Phi) is 3.46. The van der Waals surface area contributed by atoms with Gasteiger partial charge in [0.05, 0.1) is 14.2 Å². The molecule has 3 rings (SSSR count). The molecule has 2 aliphatic carbocycles. The van der Waals surface area contributed by atoms with Crippen LogP contribution in [0.3, 0.4) is 0 Å². The third-order valence-corrected chi connectivity index (χ3v) is 6.16. The number of methoxy groups -OCH3 is 2. The molecule has 0 heterocycles. The van der Waals surface area contributed by atoms with Crippen molar-refractivity contribution in [3.05, 3.63) is 23.3 Å². The summed E-state index contributed by atoms with van der Waals surface area (Å²) in [6.45, 7) is 7.36. The van der Waals surface area contributed by atoms with E-state index in [1.54, 1.807) is 14.2 Å². The highest BCUT2D eigenvalue weighted by Gasteiger charge is 2.51. The molecule has 1 aromatic rings. The minimum atomic E-state index is 0.217. The molecule has 2 aliphatic rings. The Morgan fingerprint density at radius 2 is 1.67 bits per heavy atom. The molecule has 116 valence electrons. The van der Waals surface area contributed by atoms with E-state index in [0.717, 1.165) is 23.8 Å². The van der Waals surface area contributed by atoms with Crippen molar-refractivity contribution in [2.45, 2.75) is 58.3 Å². The zero-order valence-corrected chi connectivity index (χ0v) is 14.1. The van der Waals surface area contributed by atoms with Crippen molar-refractivity contribution in [3.63, 3.8) is 0 Å². The minimum absolute atomic E-state index is 0.217. The smallest absolute Gasteiger partial charge is 0.123 e. The molecule has 0 bridgehead atoms. The maximum Gasteiger partial charge on any atom is 0.123 e. The molecule has 0 saturated heterocycles. The standard InChI is InChI=1S/C19H28O2/c1-18(2)11-6-12-19(3)16(18)10-7-13-14(20-4)8-9-15(21-5)17(13)19/h8-9,16H,6-7,10-12H2,1-5H3/t16-,19-/m0/s1. The lowest BCUT2D eigenvalue weighted by atomic mass is 9.50. The second-order valence-electron chi connectivity index (χ2n) is 7.67. The molecule has 2 atom stereocenters. The van der Waals surface area contributed by atoms with Crippen molar-refractivity contribution >= 4 is 0 Å². The van der Waals surface area contributed by atoms with Gasteiger partial charge in [-0.1, -0.05) is 27.2 Å². The van der Waals surface area contributed by atoms with Crippen LogP contribution in [-0.4, -0.2) is 14.2 Å². The van der Waals surface area contributed by atoms with Crippen molar-refractivity contribution < 1.29 is 9.47 Å². The van der Waals surface area contributed by atoms with Crippen molar-refractivity contribution in [2.75, 3.05) is 14.2 Å². The minimum Gasteiger partial charge on any atom is -0.496 e. The van der Waals surface area contributed by atoms with Gasteiger partial charge in [-0.05, 0) is 54.6 Å². The average molecular weight is 288 g/mol. The number of fused-ring (bicyclic) bond motifs is 3. The van der Waals surface area contributed by atoms with Crippen molar-refractivity contribution in [3.8, 4) is 11.5 Å². The van der Waals surface area contributed by atoms with Crippen LogP contribution >= 0.6 is 0 Å². The Bertz CT molecular complexity index is 547. The fourth-order valence-electron chi connectivity index (χ4n) is 5.26. The van der Waals surface area contributed by atoms with Crippen LogP contribution in [0.5, 0.6) is 11.5 Å². The van der Waals surface area contributed by atoms with Gasteiger partial charge in [-0.15, -0.1) is 0 Å². The Hall–Kier alpha value is -1.18. The summed E-state index contributed by atoms with van der Waals surface area (Å²) in [5.74, 6) is 2.82. The molecule has 1 saturated carbocycles. The summed E-state index contributed by atoms with van der Waals surface area (Å²) >= 11 is 0. The molecule has 21 heavy (non-hydrogen) atoms. The second kappa shape index (κ2) is 4.93. The molecule has 0 N–H and O–H groups in total. The maximum atomic E-state index is 5.74. The first-order chi connectivity index (χ1) is 9.94. The number of hydrogen-bond donors (Lipinski definition) is 0. The molecule has 2 heteroatoms. The normalized spacial score (nSPS) is 30.2. The van der Waals surface area contributed by atoms with Gasteiger partial charge in [-0.3, -0.25) is 0 Å². The summed E-state index contributed by atoms with van der Waals surface area (Å²) in [6, 6.07) is 4.15. The number of hydrogen-bond acceptors (Lipinski definition) is 2. The van der Waals surface area contributed by atoms with Crippen molar-refractivity contribution in [1.82, 2.24) is 0 Å². The van der Waals surface area contributed by atoms with Gasteiger partial charge in [-0.2, -0.15) is 0 Å². The Morgan fingerprint density at radius 3 is 2.33 bits per heavy atom. The fourth-order valence-corrected chi connectivity index (χ4v) is 5.26. The van der Waals surface area contributed by atoms with Crippen LogP contribution in [-0.2, 0) is 11.8 Å². The lowest BCUT2D eigenvalue weighted by Crippen LogP contribution is -2.48. The van der Waals surface area contributed by atoms with Crippen LogP contribution < -0.4 is 9.47 Å². The highest BCUT2D eigenvalue weighted by atomic mass is 16.5. The van der Waals surface area contributed by atoms with Gasteiger partial charge in [0.1, 0.15) is 11.5 Å². The zero-order chi connectivity index (χ0) is 15.3. The lowest BCUT2D eigenvalue weighted by Gasteiger charge is -2.54. The summed E-state index contributed by atoms with van der Waals surface area (Å²) in [7, 11) is 3.57. The molecule has 0 aliphatic heterocycles. The molecule has 0 radical (unpaired) electrons. The van der Waals surface area contributed by atoms with Gasteiger partial charge in [0.2, 0.25) is 0 Å². The largest absolute Gasteiger partial charge is 0.496 e. The Labute approximate surface area is 128 Å². The third-order valence-electron chi connectivity index (χ3n) is 6.16. The van der Waals surface area contributed by atoms with E-state index in [9.17, 15) is 0 Å². The van der Waals surface area contributed by atoms with Crippen molar-refractivity contribution in [1.29, 1.82) is 0 Å². The van der Waals surface area contributed by atoms with Crippen LogP contribution in [0.1, 0.15) is 57.6 Å². The predicted octanol–water partition coefficient (Wildman–Crippen LogP) is 4.73. The maximum absolute atomic E-state index is 5.74. The number of rotatable bonds is 2. The van der Waals surface area contributed by atoms with E-state index in [-0.39, 0.29) is 5.41 Å². The first-order valence-electron chi connectivity index (χ1n) is 8.18. The first kappa shape index (κ1) is 14.7. The Balaban J connectivity index is 2.21. The van der Waals surface area contributed by atoms with Crippen LogP contribution in [0.4, 0.5) is 0 Å². The summed E-state index contributed by atoms with van der Waals surface area (Å²) in [6.07, 6.45) is 6.28. The summed E-state index contributed by atoms with van der Waals surface area (Å²) in [5.41, 5.74) is 3.44. The summed E-state index contributed by atoms with van der Waals surface area (Å²) in [5, 5.41) is 0. The van der Waals surface area contributed by atoms with E-state index in [0.29, 0.717) is 5.41 Å². The quantitative estimate of drug-likeness (QED) is 0.783. The third kappa shape index (κ3) is 2.06. The van der Waals surface area contributed by atoms with Gasteiger partial charge < -0.3 is 9.47 Å². The van der Waals surface area contributed by atoms with Crippen LogP contribution in [0.25, 0.3) is 0 Å². The predicted molar refractivity (Wildman–Crippen MR) is 86.3 cm³/mol. The van der Waals surface area contributed by atoms with E-state index >= 15 is 0 Å². The van der Waals surface area contributed by atoms with Crippen LogP contribution in [0, 0.1) is 11.3 Å². The monoisotopic (exact) mass is 288 g/mol. The molecule has 0 spiro atoms. The second-order valence-corrected chi connectivity index (χ2v) is 7.67. The number of benzene rings is 1.